The van der Waals surface area contributed by atoms with Gasteiger partial charge in [0.05, 0.1) is 35.3 Å². The Morgan fingerprint density at radius 2 is 1.67 bits per heavy atom. The molecule has 2 fully saturated rings. The van der Waals surface area contributed by atoms with Crippen molar-refractivity contribution in [2.75, 3.05) is 19.6 Å². The molecule has 2 unspecified atom stereocenters. The summed E-state index contributed by atoms with van der Waals surface area (Å²) in [5, 5.41) is 12.4. The molecule has 46 heavy (non-hydrogen) atoms. The lowest BCUT2D eigenvalue weighted by molar-refractivity contribution is -0.350. The van der Waals surface area contributed by atoms with Gasteiger partial charge in [0.15, 0.2) is 9.84 Å². The van der Waals surface area contributed by atoms with Crippen molar-refractivity contribution in [2.45, 2.75) is 78.8 Å². The van der Waals surface area contributed by atoms with Crippen LogP contribution in [0.5, 0.6) is 0 Å². The fraction of sp³-hybridized carbons (Fsp3) is 0.536. The number of alkyl halides is 7. The molecule has 0 spiro atoms. The smallest absolute Gasteiger partial charge is 0.389 e. The highest BCUT2D eigenvalue weighted by Gasteiger charge is 2.75. The number of aryl methyl sites for hydroxylation is 1. The second-order valence-corrected chi connectivity index (χ2v) is 14.3. The normalized spacial score (nSPS) is 22.7. The molecule has 1 aromatic heterocycles. The Kier molecular flexibility index (Phi) is 7.90. The molecule has 2 saturated heterocycles. The van der Waals surface area contributed by atoms with Crippen molar-refractivity contribution in [3.63, 3.8) is 0 Å². The molecule has 0 saturated carbocycles. The fourth-order valence-corrected chi connectivity index (χ4v) is 8.95. The van der Waals surface area contributed by atoms with Crippen LogP contribution in [-0.2, 0) is 31.5 Å². The first kappa shape index (κ1) is 33.8. The van der Waals surface area contributed by atoms with Crippen molar-refractivity contribution in [3.05, 3.63) is 59.2 Å². The number of carbonyl (C=O) groups is 2. The van der Waals surface area contributed by atoms with Crippen LogP contribution in [-0.4, -0.2) is 89.0 Å². The van der Waals surface area contributed by atoms with Gasteiger partial charge in [-0.2, -0.15) is 26.3 Å². The summed E-state index contributed by atoms with van der Waals surface area (Å²) >= 11 is 0. The van der Waals surface area contributed by atoms with Crippen LogP contribution in [0.4, 0.5) is 39.9 Å². The third kappa shape index (κ3) is 5.07. The van der Waals surface area contributed by atoms with Crippen molar-refractivity contribution in [1.82, 2.24) is 19.9 Å². The number of carbonyl (C=O) groups excluding carboxylic acids is 2. The number of urea groups is 1. The number of amides is 3. The minimum atomic E-state index is -6.46. The van der Waals surface area contributed by atoms with Gasteiger partial charge in [-0.25, -0.2) is 32.0 Å². The van der Waals surface area contributed by atoms with Gasteiger partial charge in [0.2, 0.25) is 5.91 Å². The van der Waals surface area contributed by atoms with Gasteiger partial charge >= 0.3 is 24.1 Å². The first-order chi connectivity index (χ1) is 21.1. The molecule has 0 bridgehead atoms. The van der Waals surface area contributed by atoms with Gasteiger partial charge in [0.25, 0.3) is 0 Å². The first-order valence-electron chi connectivity index (χ1n) is 14.0. The van der Waals surface area contributed by atoms with E-state index in [0.29, 0.717) is 12.1 Å². The van der Waals surface area contributed by atoms with Gasteiger partial charge in [0, 0.05) is 18.7 Å². The van der Waals surface area contributed by atoms with Crippen LogP contribution in [0.15, 0.2) is 41.3 Å². The number of hydrogen-bond donors (Lipinski definition) is 1. The Morgan fingerprint density at radius 3 is 2.26 bits per heavy atom. The molecule has 3 amide bonds. The minimum Gasteiger partial charge on any atom is -0.389 e. The zero-order valence-electron chi connectivity index (χ0n) is 24.3. The Labute approximate surface area is 257 Å². The average Bonchev–Trinajstić information content (AvgIpc) is 3.51. The number of β-amino-alcohol motifs (C(OH)–C–C–N with tert-alkyl or cyclic N) is 1. The van der Waals surface area contributed by atoms with E-state index in [0.717, 1.165) is 33.1 Å². The Balaban J connectivity index is 1.66. The third-order valence-corrected chi connectivity index (χ3v) is 11.1. The SMILES string of the molecule is CC(C)(O)CN1C(=O)CCN1C(=O)N1CCC2(S(=O)(=O)c3cccc(F)c3)c3ccc(C(F)(C(F)(F)F)C(F)(F)F)nc3CCC12. The molecule has 9 nitrogen and oxygen atoms in total. The molecule has 2 atom stereocenters. The van der Waals surface area contributed by atoms with E-state index in [-0.39, 0.29) is 44.1 Å². The lowest BCUT2D eigenvalue weighted by atomic mass is 9.80. The first-order valence-corrected chi connectivity index (χ1v) is 15.5. The Morgan fingerprint density at radius 1 is 1.02 bits per heavy atom. The molecular weight excluding hydrogens is 656 g/mol. The maximum Gasteiger partial charge on any atom is 0.437 e. The molecular formula is C28H28F8N4O5S. The number of benzene rings is 1. The van der Waals surface area contributed by atoms with Crippen LogP contribution in [0.3, 0.4) is 0 Å². The van der Waals surface area contributed by atoms with E-state index >= 15 is 0 Å². The van der Waals surface area contributed by atoms with E-state index in [9.17, 15) is 58.2 Å². The summed E-state index contributed by atoms with van der Waals surface area (Å²) in [6.07, 6.45) is -14.3. The summed E-state index contributed by atoms with van der Waals surface area (Å²) in [5.74, 6) is -1.46. The van der Waals surface area contributed by atoms with E-state index in [1.54, 1.807) is 0 Å². The lowest BCUT2D eigenvalue weighted by Gasteiger charge is -2.43. The van der Waals surface area contributed by atoms with Gasteiger partial charge in [-0.3, -0.25) is 9.78 Å². The van der Waals surface area contributed by atoms with E-state index in [2.05, 4.69) is 4.98 Å². The summed E-state index contributed by atoms with van der Waals surface area (Å²) < 4.78 is 137. The predicted octanol–water partition coefficient (Wildman–Crippen LogP) is 4.54. The van der Waals surface area contributed by atoms with E-state index < -0.39 is 91.1 Å². The van der Waals surface area contributed by atoms with E-state index in [1.165, 1.54) is 13.8 Å². The molecule has 5 rings (SSSR count). The van der Waals surface area contributed by atoms with Gasteiger partial charge in [-0.1, -0.05) is 12.1 Å². The number of nitrogens with zero attached hydrogens (tertiary/aromatic N) is 4. The van der Waals surface area contributed by atoms with Crippen LogP contribution >= 0.6 is 0 Å². The van der Waals surface area contributed by atoms with Gasteiger partial charge in [-0.15, -0.1) is 0 Å². The monoisotopic (exact) mass is 684 g/mol. The van der Waals surface area contributed by atoms with E-state index in [1.807, 2.05) is 0 Å². The molecule has 0 radical (unpaired) electrons. The minimum absolute atomic E-state index is 0.105. The highest BCUT2D eigenvalue weighted by atomic mass is 32.2. The second-order valence-electron chi connectivity index (χ2n) is 12.1. The van der Waals surface area contributed by atoms with Crippen LogP contribution in [0.2, 0.25) is 0 Å². The molecule has 3 aliphatic rings. The molecule has 1 aromatic carbocycles. The van der Waals surface area contributed by atoms with Crippen LogP contribution < -0.4 is 0 Å². The van der Waals surface area contributed by atoms with Crippen molar-refractivity contribution in [3.8, 4) is 0 Å². The maximum atomic E-state index is 15.0. The third-order valence-electron chi connectivity index (χ3n) is 8.56. The van der Waals surface area contributed by atoms with Gasteiger partial charge in [0.1, 0.15) is 10.6 Å². The van der Waals surface area contributed by atoms with Crippen molar-refractivity contribution in [2.24, 2.45) is 0 Å². The number of hydrazine groups is 1. The zero-order valence-corrected chi connectivity index (χ0v) is 25.1. The van der Waals surface area contributed by atoms with Crippen molar-refractivity contribution in [1.29, 1.82) is 0 Å². The summed E-state index contributed by atoms with van der Waals surface area (Å²) in [6.45, 7) is 2.09. The lowest BCUT2D eigenvalue weighted by Crippen LogP contribution is -2.58. The molecule has 1 N–H and O–H groups in total. The number of likely N-dealkylation sites (tertiary alicyclic amines) is 1. The maximum absolute atomic E-state index is 15.0. The summed E-state index contributed by atoms with van der Waals surface area (Å²) in [7, 11) is -4.80. The molecule has 1 aliphatic carbocycles. The van der Waals surface area contributed by atoms with Gasteiger partial charge < -0.3 is 10.0 Å². The van der Waals surface area contributed by atoms with Crippen LogP contribution in [0.1, 0.15) is 50.1 Å². The van der Waals surface area contributed by atoms with Crippen LogP contribution in [0.25, 0.3) is 0 Å². The van der Waals surface area contributed by atoms with Crippen molar-refractivity contribution >= 4 is 21.8 Å². The zero-order chi connectivity index (χ0) is 34.3. The Bertz CT molecular complexity index is 1660. The predicted molar refractivity (Wildman–Crippen MR) is 143 cm³/mol. The summed E-state index contributed by atoms with van der Waals surface area (Å²) in [5.41, 5.74) is -10.3. The highest BCUT2D eigenvalue weighted by molar-refractivity contribution is 7.92. The number of aromatic nitrogens is 1. The quantitative estimate of drug-likeness (QED) is 0.464. The second kappa shape index (κ2) is 10.7. The molecule has 2 aromatic rings. The molecule has 18 heteroatoms. The molecule has 252 valence electrons. The largest absolute Gasteiger partial charge is 0.437 e. The number of hydrogen-bond acceptors (Lipinski definition) is 6. The standard InChI is InChI=1S/C28H28F8N4O5S/c1-24(2,43)15-40-22(41)10-12-39(40)23(42)38-13-11-25(46(44,45)17-5-3-4-16(29)14-17)18-6-8-20(37-19(18)7-9-21(25)38)26(30,27(31,32)33)28(34,35)36/h3-6,8,14,21,43H,7,9-13,15H2,1-2H3. The number of aliphatic hydroxyl groups is 1. The highest BCUT2D eigenvalue weighted by Crippen LogP contribution is 2.56. The molecule has 2 aliphatic heterocycles. The fourth-order valence-electron chi connectivity index (χ4n) is 6.56. The number of sulfone groups is 1. The average molecular weight is 685 g/mol. The van der Waals surface area contributed by atoms with E-state index in [4.69, 9.17) is 0 Å². The topological polar surface area (TPSA) is 111 Å². The van der Waals surface area contributed by atoms with Gasteiger partial charge in [-0.05, 0) is 62.9 Å². The Hall–Kier alpha value is -3.54. The van der Waals surface area contributed by atoms with Crippen LogP contribution in [0, 0.1) is 5.82 Å². The van der Waals surface area contributed by atoms with Crippen molar-refractivity contribution < 1.29 is 58.2 Å². The number of halogens is 8. The number of pyridine rings is 1. The number of fused-ring (bicyclic) bond motifs is 3. The molecule has 3 heterocycles. The number of rotatable bonds is 5. The summed E-state index contributed by atoms with van der Waals surface area (Å²) in [4.78, 5) is 30.5. The summed E-state index contributed by atoms with van der Waals surface area (Å²) in [6, 6.07) is 2.40.